The van der Waals surface area contributed by atoms with Crippen LogP contribution in [0, 0.1) is 10.1 Å². The summed E-state index contributed by atoms with van der Waals surface area (Å²) in [7, 11) is 0. The quantitative estimate of drug-likeness (QED) is 0.150. The monoisotopic (exact) mass is 527 g/mol. The molecule has 5 rings (SSSR count). The van der Waals surface area contributed by atoms with E-state index >= 15 is 0 Å². The Morgan fingerprint density at radius 2 is 1.71 bits per heavy atom. The molecule has 38 heavy (non-hydrogen) atoms. The van der Waals surface area contributed by atoms with Crippen LogP contribution in [-0.2, 0) is 16.2 Å². The molecule has 4 aromatic carbocycles. The zero-order chi connectivity index (χ0) is 26.8. The Balaban J connectivity index is 1.59. The van der Waals surface area contributed by atoms with Crippen LogP contribution in [0.2, 0.25) is 5.02 Å². The number of hydrogen-bond acceptors (Lipinski definition) is 6. The van der Waals surface area contributed by atoms with Crippen molar-refractivity contribution in [2.24, 2.45) is 0 Å². The van der Waals surface area contributed by atoms with Crippen LogP contribution in [0.4, 0.5) is 16.2 Å². The van der Waals surface area contributed by atoms with Crippen molar-refractivity contribution in [3.05, 3.63) is 117 Å². The predicted octanol–water partition coefficient (Wildman–Crippen LogP) is 5.65. The predicted molar refractivity (Wildman–Crippen MR) is 142 cm³/mol. The number of nitro benzene ring substituents is 1. The third-order valence-corrected chi connectivity index (χ3v) is 6.33. The number of nitro groups is 1. The molecule has 188 valence electrons. The summed E-state index contributed by atoms with van der Waals surface area (Å²) in [6, 6.07) is 22.1. The van der Waals surface area contributed by atoms with E-state index in [1.165, 1.54) is 24.3 Å². The van der Waals surface area contributed by atoms with Crippen molar-refractivity contribution in [1.29, 1.82) is 0 Å². The van der Waals surface area contributed by atoms with E-state index in [1.54, 1.807) is 18.2 Å². The summed E-state index contributed by atoms with van der Waals surface area (Å²) in [5.74, 6) is -1.44. The number of fused-ring (bicyclic) bond motifs is 1. The van der Waals surface area contributed by atoms with Gasteiger partial charge in [0.1, 0.15) is 17.9 Å². The molecule has 0 saturated carbocycles. The number of carbonyl (C=O) groups is 3. The van der Waals surface area contributed by atoms with E-state index in [9.17, 15) is 24.5 Å². The summed E-state index contributed by atoms with van der Waals surface area (Å²) in [5, 5.41) is 15.4. The van der Waals surface area contributed by atoms with E-state index in [-0.39, 0.29) is 23.6 Å². The number of nitrogens with zero attached hydrogens (tertiary/aromatic N) is 2. The number of anilines is 1. The van der Waals surface area contributed by atoms with Crippen molar-refractivity contribution in [3.63, 3.8) is 0 Å². The summed E-state index contributed by atoms with van der Waals surface area (Å²) < 4.78 is 6.07. The first-order valence-electron chi connectivity index (χ1n) is 11.4. The molecule has 1 aliphatic heterocycles. The molecule has 1 saturated heterocycles. The van der Waals surface area contributed by atoms with Crippen LogP contribution in [-0.4, -0.2) is 22.8 Å². The number of urea groups is 1. The molecular weight excluding hydrogens is 510 g/mol. The highest BCUT2D eigenvalue weighted by Crippen LogP contribution is 2.33. The summed E-state index contributed by atoms with van der Waals surface area (Å²) in [5.41, 5.74) is 0.495. The van der Waals surface area contributed by atoms with Crippen LogP contribution in [0.3, 0.4) is 0 Å². The van der Waals surface area contributed by atoms with Gasteiger partial charge >= 0.3 is 6.03 Å². The zero-order valence-electron chi connectivity index (χ0n) is 19.6. The van der Waals surface area contributed by atoms with Crippen LogP contribution in [0.5, 0.6) is 5.75 Å². The fraction of sp³-hybridized carbons (Fsp3) is 0.0357. The van der Waals surface area contributed by atoms with E-state index in [0.717, 1.165) is 17.0 Å². The number of nitrogens with one attached hydrogen (secondary N) is 1. The molecule has 1 N–H and O–H groups in total. The van der Waals surface area contributed by atoms with Gasteiger partial charge in [-0.3, -0.25) is 25.0 Å². The van der Waals surface area contributed by atoms with Crippen LogP contribution < -0.4 is 15.0 Å². The molecule has 0 spiro atoms. The standard InChI is InChI=1S/C28H18ClN3O6/c29-24-11-4-2-7-18(24)16-38-25-13-12-17-6-1-3-10-21(17)22(25)15-23-26(33)30-28(35)31(27(23)34)19-8-5-9-20(14-19)32(36)37/h1-15H,16H2,(H,30,33,35)/b23-15+. The Kier molecular flexibility index (Phi) is 6.59. The van der Waals surface area contributed by atoms with E-state index in [1.807, 2.05) is 42.5 Å². The molecule has 0 bridgehead atoms. The SMILES string of the molecule is O=C1NC(=O)N(c2cccc([N+](=O)[O-])c2)C(=O)/C1=C/c1c(OCc2ccccc2Cl)ccc2ccccc12. The number of barbiturate groups is 1. The van der Waals surface area contributed by atoms with Crippen molar-refractivity contribution in [2.45, 2.75) is 6.61 Å². The minimum atomic E-state index is -1.01. The molecule has 0 atom stereocenters. The van der Waals surface area contributed by atoms with E-state index in [0.29, 0.717) is 26.6 Å². The molecule has 4 amide bonds. The lowest BCUT2D eigenvalue weighted by atomic mass is 9.99. The summed E-state index contributed by atoms with van der Waals surface area (Å²) in [6.07, 6.45) is 1.36. The van der Waals surface area contributed by atoms with Crippen LogP contribution in [0.15, 0.2) is 90.5 Å². The van der Waals surface area contributed by atoms with Gasteiger partial charge in [0, 0.05) is 28.3 Å². The lowest BCUT2D eigenvalue weighted by molar-refractivity contribution is -0.384. The zero-order valence-corrected chi connectivity index (χ0v) is 20.3. The average molecular weight is 528 g/mol. The number of amides is 4. The van der Waals surface area contributed by atoms with Gasteiger partial charge in [0.25, 0.3) is 17.5 Å². The number of hydrogen-bond donors (Lipinski definition) is 1. The third kappa shape index (κ3) is 4.70. The first kappa shape index (κ1) is 24.7. The van der Waals surface area contributed by atoms with Crippen LogP contribution in [0.1, 0.15) is 11.1 Å². The molecular formula is C28H18ClN3O6. The smallest absolute Gasteiger partial charge is 0.335 e. The normalized spacial score (nSPS) is 14.6. The average Bonchev–Trinajstić information content (AvgIpc) is 2.91. The second-order valence-corrected chi connectivity index (χ2v) is 8.72. The molecule has 1 heterocycles. The lowest BCUT2D eigenvalue weighted by Gasteiger charge is -2.26. The van der Waals surface area contributed by atoms with E-state index in [4.69, 9.17) is 16.3 Å². The molecule has 1 fully saturated rings. The molecule has 0 aliphatic carbocycles. The van der Waals surface area contributed by atoms with Crippen molar-refractivity contribution in [2.75, 3.05) is 4.90 Å². The van der Waals surface area contributed by atoms with Crippen molar-refractivity contribution < 1.29 is 24.0 Å². The number of halogens is 1. The van der Waals surface area contributed by atoms with Crippen LogP contribution in [0.25, 0.3) is 16.8 Å². The first-order valence-corrected chi connectivity index (χ1v) is 11.7. The Bertz CT molecular complexity index is 1670. The molecule has 0 aromatic heterocycles. The van der Waals surface area contributed by atoms with Gasteiger partial charge in [0.2, 0.25) is 0 Å². The molecule has 0 radical (unpaired) electrons. The Morgan fingerprint density at radius 1 is 0.947 bits per heavy atom. The third-order valence-electron chi connectivity index (χ3n) is 5.96. The van der Waals surface area contributed by atoms with Crippen molar-refractivity contribution >= 4 is 57.7 Å². The van der Waals surface area contributed by atoms with Crippen molar-refractivity contribution in [3.8, 4) is 5.75 Å². The topological polar surface area (TPSA) is 119 Å². The second kappa shape index (κ2) is 10.2. The highest BCUT2D eigenvalue weighted by atomic mass is 35.5. The van der Waals surface area contributed by atoms with E-state index in [2.05, 4.69) is 5.32 Å². The lowest BCUT2D eigenvalue weighted by Crippen LogP contribution is -2.54. The van der Waals surface area contributed by atoms with Crippen molar-refractivity contribution in [1.82, 2.24) is 5.32 Å². The summed E-state index contributed by atoms with van der Waals surface area (Å²) >= 11 is 6.27. The molecule has 4 aromatic rings. The van der Waals surface area contributed by atoms with Gasteiger partial charge in [-0.05, 0) is 35.0 Å². The van der Waals surface area contributed by atoms with E-state index < -0.39 is 22.8 Å². The minimum Gasteiger partial charge on any atom is -0.488 e. The van der Waals surface area contributed by atoms with Gasteiger partial charge in [0.05, 0.1) is 10.6 Å². The van der Waals surface area contributed by atoms with Gasteiger partial charge in [-0.2, -0.15) is 0 Å². The first-order chi connectivity index (χ1) is 18.3. The largest absolute Gasteiger partial charge is 0.488 e. The van der Waals surface area contributed by atoms with Crippen LogP contribution >= 0.6 is 11.6 Å². The summed E-state index contributed by atoms with van der Waals surface area (Å²) in [4.78, 5) is 50.1. The Morgan fingerprint density at radius 3 is 2.50 bits per heavy atom. The maximum Gasteiger partial charge on any atom is 0.335 e. The van der Waals surface area contributed by atoms with Gasteiger partial charge < -0.3 is 4.74 Å². The van der Waals surface area contributed by atoms with Gasteiger partial charge in [-0.25, -0.2) is 9.69 Å². The Labute approximate surface area is 221 Å². The summed E-state index contributed by atoms with van der Waals surface area (Å²) in [6.45, 7) is 0.132. The highest BCUT2D eigenvalue weighted by Gasteiger charge is 2.37. The molecule has 10 heteroatoms. The number of non-ortho nitro benzene ring substituents is 1. The van der Waals surface area contributed by atoms with Gasteiger partial charge in [0.15, 0.2) is 0 Å². The minimum absolute atomic E-state index is 0.0480. The maximum absolute atomic E-state index is 13.5. The molecule has 0 unspecified atom stereocenters. The molecule has 9 nitrogen and oxygen atoms in total. The second-order valence-electron chi connectivity index (χ2n) is 8.31. The fourth-order valence-corrected chi connectivity index (χ4v) is 4.29. The van der Waals surface area contributed by atoms with Gasteiger partial charge in [-0.1, -0.05) is 66.2 Å². The number of rotatable bonds is 6. The molecule has 1 aliphatic rings. The highest BCUT2D eigenvalue weighted by molar-refractivity contribution is 6.39. The maximum atomic E-state index is 13.5. The number of carbonyl (C=O) groups excluding carboxylic acids is 3. The fourth-order valence-electron chi connectivity index (χ4n) is 4.10. The Hall–Kier alpha value is -5.02. The number of ether oxygens (including phenoxy) is 1. The number of benzene rings is 4. The number of imide groups is 2. The van der Waals surface area contributed by atoms with Gasteiger partial charge in [-0.15, -0.1) is 0 Å².